The van der Waals surface area contributed by atoms with Crippen molar-refractivity contribution in [3.63, 3.8) is 0 Å². The number of carbonyl (C=O) groups excluding carboxylic acids is 2. The van der Waals surface area contributed by atoms with Gasteiger partial charge in [0.05, 0.1) is 18.2 Å². The van der Waals surface area contributed by atoms with Gasteiger partial charge in [0.1, 0.15) is 12.4 Å². The molecule has 0 radical (unpaired) electrons. The maximum Gasteiger partial charge on any atom is 0.337 e. The molecule has 0 fully saturated rings. The Morgan fingerprint density at radius 2 is 2.22 bits per heavy atom. The van der Waals surface area contributed by atoms with Crippen molar-refractivity contribution in [1.29, 1.82) is 0 Å². The molecular formula is C13H13ClO4. The molecule has 4 nitrogen and oxygen atoms in total. The summed E-state index contributed by atoms with van der Waals surface area (Å²) in [6.07, 6.45) is 0.616. The lowest BCUT2D eigenvalue weighted by Gasteiger charge is -2.09. The van der Waals surface area contributed by atoms with E-state index in [0.29, 0.717) is 23.2 Å². The zero-order valence-electron chi connectivity index (χ0n) is 9.94. The van der Waals surface area contributed by atoms with Crippen LogP contribution in [0.5, 0.6) is 5.75 Å². The summed E-state index contributed by atoms with van der Waals surface area (Å²) >= 11 is 5.57. The lowest BCUT2D eigenvalue weighted by Crippen LogP contribution is -2.06. The Hall–Kier alpha value is -1.81. The minimum atomic E-state index is -0.505. The van der Waals surface area contributed by atoms with Crippen molar-refractivity contribution in [2.75, 3.05) is 19.6 Å². The molecule has 0 aliphatic rings. The molecule has 0 heterocycles. The van der Waals surface area contributed by atoms with Crippen LogP contribution in [0, 0.1) is 0 Å². The van der Waals surface area contributed by atoms with Crippen LogP contribution in [-0.4, -0.2) is 31.9 Å². The predicted octanol–water partition coefficient (Wildman–Crippen LogP) is 2.46. The summed E-state index contributed by atoms with van der Waals surface area (Å²) in [4.78, 5) is 22.2. The van der Waals surface area contributed by atoms with E-state index in [1.807, 2.05) is 0 Å². The zero-order chi connectivity index (χ0) is 13.5. The average Bonchev–Trinajstić information content (AvgIpc) is 2.43. The highest BCUT2D eigenvalue weighted by Crippen LogP contribution is 2.19. The highest BCUT2D eigenvalue weighted by atomic mass is 35.5. The second kappa shape index (κ2) is 6.81. The van der Waals surface area contributed by atoms with E-state index in [-0.39, 0.29) is 18.1 Å². The third-order valence-electron chi connectivity index (χ3n) is 2.18. The Labute approximate surface area is 110 Å². The van der Waals surface area contributed by atoms with Gasteiger partial charge in [0.25, 0.3) is 0 Å². The van der Waals surface area contributed by atoms with Crippen molar-refractivity contribution in [3.8, 4) is 5.75 Å². The van der Waals surface area contributed by atoms with Crippen molar-refractivity contribution in [3.05, 3.63) is 41.5 Å². The van der Waals surface area contributed by atoms with E-state index >= 15 is 0 Å². The first kappa shape index (κ1) is 14.3. The molecule has 0 bridgehead atoms. The summed E-state index contributed by atoms with van der Waals surface area (Å²) in [5.41, 5.74) is 1.27. The lowest BCUT2D eigenvalue weighted by atomic mass is 10.1. The standard InChI is InChI=1S/C13H13ClO4/c1-9(6-14)8-18-12-4-3-10(13(16)17-2)5-11(12)7-15/h3-5,7H,1,6,8H2,2H3. The summed E-state index contributed by atoms with van der Waals surface area (Å²) < 4.78 is 9.95. The zero-order valence-corrected chi connectivity index (χ0v) is 10.7. The van der Waals surface area contributed by atoms with Gasteiger partial charge >= 0.3 is 5.97 Å². The van der Waals surface area contributed by atoms with Gasteiger partial charge in [-0.3, -0.25) is 4.79 Å². The smallest absolute Gasteiger partial charge is 0.337 e. The second-order valence-corrected chi connectivity index (χ2v) is 3.80. The van der Waals surface area contributed by atoms with Crippen LogP contribution in [-0.2, 0) is 4.74 Å². The first-order chi connectivity index (χ1) is 8.62. The number of benzene rings is 1. The number of rotatable bonds is 6. The van der Waals surface area contributed by atoms with Crippen LogP contribution >= 0.6 is 11.6 Å². The van der Waals surface area contributed by atoms with E-state index in [0.717, 1.165) is 0 Å². The second-order valence-electron chi connectivity index (χ2n) is 3.53. The highest BCUT2D eigenvalue weighted by molar-refractivity contribution is 6.19. The van der Waals surface area contributed by atoms with Crippen molar-refractivity contribution in [2.45, 2.75) is 0 Å². The third-order valence-corrected chi connectivity index (χ3v) is 2.56. The molecule has 1 aromatic rings. The molecule has 0 unspecified atom stereocenters. The normalized spacial score (nSPS) is 9.67. The van der Waals surface area contributed by atoms with Crippen LogP contribution in [0.1, 0.15) is 20.7 Å². The summed E-state index contributed by atoms with van der Waals surface area (Å²) in [6.45, 7) is 3.91. The van der Waals surface area contributed by atoms with Gasteiger partial charge in [-0.25, -0.2) is 4.79 Å². The van der Waals surface area contributed by atoms with Gasteiger partial charge in [0, 0.05) is 5.88 Å². The van der Waals surface area contributed by atoms with Gasteiger partial charge in [-0.2, -0.15) is 0 Å². The molecule has 0 saturated carbocycles. The molecule has 18 heavy (non-hydrogen) atoms. The summed E-state index contributed by atoms with van der Waals surface area (Å²) in [5.74, 6) is 0.162. The predicted molar refractivity (Wildman–Crippen MR) is 68.5 cm³/mol. The van der Waals surface area contributed by atoms with Crippen LogP contribution < -0.4 is 4.74 Å². The molecule has 96 valence electrons. The molecule has 0 spiro atoms. The molecule has 1 aromatic carbocycles. The average molecular weight is 269 g/mol. The van der Waals surface area contributed by atoms with Crippen molar-refractivity contribution < 1.29 is 19.1 Å². The number of halogens is 1. The van der Waals surface area contributed by atoms with E-state index in [1.165, 1.54) is 25.3 Å². The summed E-state index contributed by atoms with van der Waals surface area (Å²) in [7, 11) is 1.28. The fourth-order valence-electron chi connectivity index (χ4n) is 1.24. The van der Waals surface area contributed by atoms with Crippen LogP contribution in [0.4, 0.5) is 0 Å². The van der Waals surface area contributed by atoms with Gasteiger partial charge in [0.2, 0.25) is 0 Å². The van der Waals surface area contributed by atoms with Gasteiger partial charge in [-0.1, -0.05) is 6.58 Å². The SMILES string of the molecule is C=C(CCl)COc1ccc(C(=O)OC)cc1C=O. The van der Waals surface area contributed by atoms with Crippen molar-refractivity contribution in [1.82, 2.24) is 0 Å². The number of esters is 1. The molecule has 0 aliphatic heterocycles. The topological polar surface area (TPSA) is 52.6 Å². The van der Waals surface area contributed by atoms with Crippen LogP contribution in [0.2, 0.25) is 0 Å². The molecule has 0 aliphatic carbocycles. The Morgan fingerprint density at radius 3 is 2.78 bits per heavy atom. The number of carbonyl (C=O) groups is 2. The number of methoxy groups -OCH3 is 1. The van der Waals surface area contributed by atoms with E-state index in [9.17, 15) is 9.59 Å². The van der Waals surface area contributed by atoms with E-state index in [4.69, 9.17) is 16.3 Å². The monoisotopic (exact) mass is 268 g/mol. The molecule has 0 atom stereocenters. The maximum absolute atomic E-state index is 11.3. The first-order valence-electron chi connectivity index (χ1n) is 5.15. The quantitative estimate of drug-likeness (QED) is 0.344. The Kier molecular flexibility index (Phi) is 5.39. The minimum absolute atomic E-state index is 0.224. The van der Waals surface area contributed by atoms with Gasteiger partial charge in [-0.15, -0.1) is 11.6 Å². The largest absolute Gasteiger partial charge is 0.488 e. The Bertz CT molecular complexity index is 468. The van der Waals surface area contributed by atoms with E-state index in [2.05, 4.69) is 11.3 Å². The first-order valence-corrected chi connectivity index (χ1v) is 5.68. The molecule has 5 heteroatoms. The molecule has 0 amide bonds. The number of alkyl halides is 1. The molecule has 0 saturated heterocycles. The fraction of sp³-hybridized carbons (Fsp3) is 0.231. The van der Waals surface area contributed by atoms with Gasteiger partial charge in [0.15, 0.2) is 6.29 Å². The van der Waals surface area contributed by atoms with Crippen molar-refractivity contribution in [2.24, 2.45) is 0 Å². The van der Waals surface area contributed by atoms with Crippen molar-refractivity contribution >= 4 is 23.9 Å². The molecule has 0 N–H and O–H groups in total. The van der Waals surface area contributed by atoms with Crippen LogP contribution in [0.15, 0.2) is 30.4 Å². The lowest BCUT2D eigenvalue weighted by molar-refractivity contribution is 0.0600. The summed E-state index contributed by atoms with van der Waals surface area (Å²) in [5, 5.41) is 0. The highest BCUT2D eigenvalue weighted by Gasteiger charge is 2.10. The van der Waals surface area contributed by atoms with Crippen LogP contribution in [0.25, 0.3) is 0 Å². The van der Waals surface area contributed by atoms with Gasteiger partial charge < -0.3 is 9.47 Å². The number of aldehydes is 1. The van der Waals surface area contributed by atoms with Gasteiger partial charge in [-0.05, 0) is 23.8 Å². The minimum Gasteiger partial charge on any atom is -0.488 e. The number of ether oxygens (including phenoxy) is 2. The fourth-order valence-corrected chi connectivity index (χ4v) is 1.31. The maximum atomic E-state index is 11.3. The molecule has 1 rings (SSSR count). The Balaban J connectivity index is 2.90. The number of hydrogen-bond acceptors (Lipinski definition) is 4. The molecular weight excluding hydrogens is 256 g/mol. The molecule has 0 aromatic heterocycles. The van der Waals surface area contributed by atoms with Crippen LogP contribution in [0.3, 0.4) is 0 Å². The summed E-state index contributed by atoms with van der Waals surface area (Å²) in [6, 6.07) is 4.48. The van der Waals surface area contributed by atoms with E-state index < -0.39 is 5.97 Å². The van der Waals surface area contributed by atoms with E-state index in [1.54, 1.807) is 0 Å². The Morgan fingerprint density at radius 1 is 1.50 bits per heavy atom. The third kappa shape index (κ3) is 3.60. The number of hydrogen-bond donors (Lipinski definition) is 0.